The molecule has 0 spiro atoms. The largest absolute Gasteiger partial charge is 1.00 e. The molecule has 2 N–H and O–H groups in total. The van der Waals surface area contributed by atoms with Gasteiger partial charge in [-0.1, -0.05) is 24.3 Å². The number of aromatic amines is 2. The number of aromatic nitrogens is 6. The second-order valence-electron chi connectivity index (χ2n) is 3.85. The van der Waals surface area contributed by atoms with Gasteiger partial charge in [0.1, 0.15) is 22.1 Å². The van der Waals surface area contributed by atoms with Gasteiger partial charge in [0, 0.05) is 0 Å². The number of rotatable bonds is 0. The SMILES string of the molecule is O=[N+]([O-])[O-].[Ag+].c1ccc2n[nH]nc2c1.c1ccc2n[nH]nc2c1. The van der Waals surface area contributed by atoms with Gasteiger partial charge in [-0.05, 0) is 24.3 Å². The number of hydrogen-bond donors (Lipinski definition) is 2. The van der Waals surface area contributed by atoms with Gasteiger partial charge in [-0.15, -0.1) is 0 Å². The Morgan fingerprint density at radius 3 is 1.13 bits per heavy atom. The molecule has 11 heteroatoms. The Balaban J connectivity index is 0.000000182. The number of para-hydroxylation sites is 4. The summed E-state index contributed by atoms with van der Waals surface area (Å²) in [7, 11) is 0. The second-order valence-corrected chi connectivity index (χ2v) is 3.85. The van der Waals surface area contributed by atoms with E-state index in [-0.39, 0.29) is 22.4 Å². The molecule has 4 rings (SSSR count). The molecule has 0 unspecified atom stereocenters. The van der Waals surface area contributed by atoms with Crippen LogP contribution in [0.1, 0.15) is 0 Å². The molecule has 0 aliphatic rings. The van der Waals surface area contributed by atoms with E-state index in [0.717, 1.165) is 22.1 Å². The Labute approximate surface area is 144 Å². The zero-order valence-electron chi connectivity index (χ0n) is 11.4. The first-order chi connectivity index (χ1) is 10.7. The molecular weight excluding hydrogens is 398 g/mol. The van der Waals surface area contributed by atoms with E-state index in [4.69, 9.17) is 15.3 Å². The van der Waals surface area contributed by atoms with E-state index in [9.17, 15) is 0 Å². The fourth-order valence-corrected chi connectivity index (χ4v) is 1.57. The first kappa shape index (κ1) is 18.2. The summed E-state index contributed by atoms with van der Waals surface area (Å²) in [4.78, 5) is 8.25. The van der Waals surface area contributed by atoms with E-state index in [1.165, 1.54) is 0 Å². The van der Waals surface area contributed by atoms with Crippen molar-refractivity contribution >= 4 is 22.1 Å². The molecule has 0 saturated heterocycles. The van der Waals surface area contributed by atoms with Crippen molar-refractivity contribution in [3.63, 3.8) is 0 Å². The predicted octanol–water partition coefficient (Wildman–Crippen LogP) is 1.67. The Bertz CT molecular complexity index is 733. The molecular formula is C12H10AgN7O3. The van der Waals surface area contributed by atoms with Gasteiger partial charge in [-0.25, -0.2) is 0 Å². The summed E-state index contributed by atoms with van der Waals surface area (Å²) in [5.74, 6) is 0. The van der Waals surface area contributed by atoms with Crippen LogP contribution in [0, 0.1) is 15.3 Å². The maximum Gasteiger partial charge on any atom is 1.00 e. The van der Waals surface area contributed by atoms with Crippen molar-refractivity contribution in [1.82, 2.24) is 30.8 Å². The van der Waals surface area contributed by atoms with Crippen LogP contribution in [0.15, 0.2) is 48.5 Å². The third kappa shape index (κ3) is 5.82. The van der Waals surface area contributed by atoms with Gasteiger partial charge >= 0.3 is 22.4 Å². The average Bonchev–Trinajstić information content (AvgIpc) is 3.16. The van der Waals surface area contributed by atoms with Gasteiger partial charge in [-0.2, -0.15) is 30.8 Å². The number of benzene rings is 2. The van der Waals surface area contributed by atoms with Gasteiger partial charge in [-0.3, -0.25) is 0 Å². The van der Waals surface area contributed by atoms with Crippen LogP contribution in [0.4, 0.5) is 0 Å². The average molecular weight is 408 g/mol. The van der Waals surface area contributed by atoms with E-state index < -0.39 is 5.09 Å². The summed E-state index contributed by atoms with van der Waals surface area (Å²) in [6.07, 6.45) is 0. The van der Waals surface area contributed by atoms with Crippen LogP contribution < -0.4 is 0 Å². The third-order valence-corrected chi connectivity index (χ3v) is 2.45. The van der Waals surface area contributed by atoms with Crippen molar-refractivity contribution in [2.24, 2.45) is 0 Å². The van der Waals surface area contributed by atoms with E-state index >= 15 is 0 Å². The molecule has 0 aliphatic carbocycles. The number of H-pyrrole nitrogens is 2. The summed E-state index contributed by atoms with van der Waals surface area (Å²) in [6.45, 7) is 0. The van der Waals surface area contributed by atoms with Crippen molar-refractivity contribution in [3.8, 4) is 0 Å². The maximum atomic E-state index is 8.25. The van der Waals surface area contributed by atoms with E-state index in [2.05, 4.69) is 30.8 Å². The molecule has 23 heavy (non-hydrogen) atoms. The standard InChI is InChI=1S/2C6H5N3.Ag.NO3/c2*1-2-4-6-5(3-1)7-9-8-6;;2-1(3)4/h2*1-4H,(H,7,8,9);;/q;;+1;-1. The monoisotopic (exact) mass is 407 g/mol. The Morgan fingerprint density at radius 2 is 0.913 bits per heavy atom. The summed E-state index contributed by atoms with van der Waals surface area (Å²) >= 11 is 0. The van der Waals surface area contributed by atoms with Crippen LogP contribution in [0.3, 0.4) is 0 Å². The first-order valence-electron chi connectivity index (χ1n) is 5.99. The van der Waals surface area contributed by atoms with Crippen LogP contribution in [-0.2, 0) is 22.4 Å². The van der Waals surface area contributed by atoms with E-state index in [1.54, 1.807) is 0 Å². The molecule has 0 fully saturated rings. The normalized spacial score (nSPS) is 9.04. The van der Waals surface area contributed by atoms with Crippen LogP contribution >= 0.6 is 0 Å². The van der Waals surface area contributed by atoms with Crippen molar-refractivity contribution < 1.29 is 27.5 Å². The molecule has 2 heterocycles. The molecule has 10 nitrogen and oxygen atoms in total. The molecule has 2 aromatic carbocycles. The van der Waals surface area contributed by atoms with Gasteiger partial charge in [0.25, 0.3) is 0 Å². The van der Waals surface area contributed by atoms with Crippen LogP contribution in [0.2, 0.25) is 0 Å². The van der Waals surface area contributed by atoms with Gasteiger partial charge in [0.05, 0.1) is 5.09 Å². The number of nitrogens with zero attached hydrogens (tertiary/aromatic N) is 5. The zero-order valence-corrected chi connectivity index (χ0v) is 12.9. The van der Waals surface area contributed by atoms with Crippen molar-refractivity contribution in [2.45, 2.75) is 0 Å². The Kier molecular flexibility index (Phi) is 7.33. The summed E-state index contributed by atoms with van der Waals surface area (Å²) in [6, 6.07) is 15.4. The molecule has 0 atom stereocenters. The van der Waals surface area contributed by atoms with Crippen molar-refractivity contribution in [1.29, 1.82) is 0 Å². The predicted molar refractivity (Wildman–Crippen MR) is 78.1 cm³/mol. The van der Waals surface area contributed by atoms with Crippen molar-refractivity contribution in [2.75, 3.05) is 0 Å². The van der Waals surface area contributed by atoms with Crippen LogP contribution in [0.25, 0.3) is 22.1 Å². The third-order valence-electron chi connectivity index (χ3n) is 2.45. The molecule has 0 aliphatic heterocycles. The molecule has 122 valence electrons. The number of nitrogens with one attached hydrogen (secondary N) is 2. The zero-order chi connectivity index (χ0) is 15.8. The van der Waals surface area contributed by atoms with E-state index in [0.29, 0.717) is 0 Å². The van der Waals surface area contributed by atoms with Crippen molar-refractivity contribution in [3.05, 3.63) is 63.9 Å². The number of fused-ring (bicyclic) bond motifs is 2. The number of hydrogen-bond acceptors (Lipinski definition) is 7. The Hall–Kier alpha value is -2.82. The molecule has 0 amide bonds. The quantitative estimate of drug-likeness (QED) is 0.255. The van der Waals surface area contributed by atoms with Crippen LogP contribution in [0.5, 0.6) is 0 Å². The summed E-state index contributed by atoms with van der Waals surface area (Å²) in [5, 5.41) is 35.4. The Morgan fingerprint density at radius 1 is 0.696 bits per heavy atom. The van der Waals surface area contributed by atoms with Gasteiger partial charge in [0.2, 0.25) is 0 Å². The minimum Gasteiger partial charge on any atom is -0.356 e. The summed E-state index contributed by atoms with van der Waals surface area (Å²) in [5.41, 5.74) is 3.66. The first-order valence-corrected chi connectivity index (χ1v) is 5.99. The fraction of sp³-hybridized carbons (Fsp3) is 0. The molecule has 0 saturated carbocycles. The molecule has 0 radical (unpaired) electrons. The molecule has 4 aromatic rings. The van der Waals surface area contributed by atoms with Gasteiger partial charge in [0.15, 0.2) is 0 Å². The minimum absolute atomic E-state index is 0. The fourth-order valence-electron chi connectivity index (χ4n) is 1.57. The molecule has 2 aromatic heterocycles. The maximum absolute atomic E-state index is 8.25. The molecule has 0 bridgehead atoms. The van der Waals surface area contributed by atoms with Gasteiger partial charge < -0.3 is 15.3 Å². The van der Waals surface area contributed by atoms with E-state index in [1.807, 2.05) is 48.5 Å². The minimum atomic E-state index is -1.75. The smallest absolute Gasteiger partial charge is 0.356 e. The van der Waals surface area contributed by atoms with Crippen LogP contribution in [-0.4, -0.2) is 35.9 Å². The topological polar surface area (TPSA) is 149 Å². The second kappa shape index (κ2) is 9.25. The summed E-state index contributed by atoms with van der Waals surface area (Å²) < 4.78 is 0.